The molecule has 7 nitrogen and oxygen atoms in total. The molecule has 0 aliphatic carbocycles. The van der Waals surface area contributed by atoms with Gasteiger partial charge in [-0.05, 0) is 50.7 Å². The van der Waals surface area contributed by atoms with Gasteiger partial charge in [0.25, 0.3) is 0 Å². The van der Waals surface area contributed by atoms with Gasteiger partial charge in [0.15, 0.2) is 0 Å². The maximum atomic E-state index is 9.70. The van der Waals surface area contributed by atoms with Crippen LogP contribution in [0.25, 0.3) is 11.4 Å². The lowest BCUT2D eigenvalue weighted by molar-refractivity contribution is -0.121. The molecule has 1 amide bonds. The molecule has 2 heterocycles. The number of aromatic nitrogens is 2. The number of benzene rings is 1. The number of rotatable bonds is 4. The maximum Gasteiger partial charge on any atom is 0.244 e. The molecule has 1 aromatic carbocycles. The van der Waals surface area contributed by atoms with Gasteiger partial charge in [-0.1, -0.05) is 16.8 Å². The maximum absolute atomic E-state index is 9.70. The van der Waals surface area contributed by atoms with Crippen molar-refractivity contribution in [2.24, 2.45) is 5.73 Å². The number of amides is 1. The SMILES string of the molecule is CN1CCC[C@H]1c1nc(-c2ccc(Cl)cc2)no1.COCC(N)=O. The number of ether oxygens (including phenoxy) is 1. The van der Waals surface area contributed by atoms with Crippen molar-refractivity contribution in [3.63, 3.8) is 0 Å². The van der Waals surface area contributed by atoms with Crippen molar-refractivity contribution in [2.75, 3.05) is 27.3 Å². The van der Waals surface area contributed by atoms with Crippen LogP contribution in [0.2, 0.25) is 5.02 Å². The molecule has 24 heavy (non-hydrogen) atoms. The van der Waals surface area contributed by atoms with Gasteiger partial charge in [-0.3, -0.25) is 9.69 Å². The summed E-state index contributed by atoms with van der Waals surface area (Å²) in [7, 11) is 3.51. The van der Waals surface area contributed by atoms with E-state index in [0.29, 0.717) is 16.7 Å². The van der Waals surface area contributed by atoms with Crippen LogP contribution in [-0.2, 0) is 9.53 Å². The number of hydrogen-bond donors (Lipinski definition) is 1. The van der Waals surface area contributed by atoms with Gasteiger partial charge in [0.1, 0.15) is 6.61 Å². The Hall–Kier alpha value is -1.96. The van der Waals surface area contributed by atoms with Gasteiger partial charge >= 0.3 is 0 Å². The molecule has 0 radical (unpaired) electrons. The van der Waals surface area contributed by atoms with Crippen LogP contribution in [0, 0.1) is 0 Å². The molecule has 0 spiro atoms. The molecule has 1 atom stereocenters. The van der Waals surface area contributed by atoms with Crippen LogP contribution in [0.15, 0.2) is 28.8 Å². The second-order valence-corrected chi connectivity index (χ2v) is 5.94. The Balaban J connectivity index is 0.000000301. The lowest BCUT2D eigenvalue weighted by Gasteiger charge is -2.14. The third-order valence-electron chi connectivity index (χ3n) is 3.64. The molecule has 0 bridgehead atoms. The third kappa shape index (κ3) is 5.02. The van der Waals surface area contributed by atoms with E-state index in [1.165, 1.54) is 13.5 Å². The van der Waals surface area contributed by atoms with Gasteiger partial charge in [0.2, 0.25) is 17.6 Å². The topological polar surface area (TPSA) is 94.5 Å². The van der Waals surface area contributed by atoms with E-state index >= 15 is 0 Å². The number of nitrogens with two attached hydrogens (primary N) is 1. The minimum absolute atomic E-state index is 0.0139. The molecule has 1 aliphatic rings. The number of carbonyl (C=O) groups is 1. The summed E-state index contributed by atoms with van der Waals surface area (Å²) in [4.78, 5) is 16.4. The van der Waals surface area contributed by atoms with Crippen LogP contribution < -0.4 is 5.73 Å². The van der Waals surface area contributed by atoms with Crippen LogP contribution in [0.1, 0.15) is 24.8 Å². The number of halogens is 1. The zero-order valence-corrected chi connectivity index (χ0v) is 14.5. The van der Waals surface area contributed by atoms with E-state index in [2.05, 4.69) is 32.6 Å². The van der Waals surface area contributed by atoms with E-state index in [4.69, 9.17) is 16.1 Å². The summed E-state index contributed by atoms with van der Waals surface area (Å²) >= 11 is 5.86. The number of carbonyl (C=O) groups excluding carboxylic acids is 1. The number of nitrogens with zero attached hydrogens (tertiary/aromatic N) is 3. The highest BCUT2D eigenvalue weighted by atomic mass is 35.5. The molecule has 0 unspecified atom stereocenters. The Morgan fingerprint density at radius 2 is 2.17 bits per heavy atom. The highest BCUT2D eigenvalue weighted by molar-refractivity contribution is 6.30. The quantitative estimate of drug-likeness (QED) is 0.907. The average Bonchev–Trinajstić information content (AvgIpc) is 3.17. The fourth-order valence-electron chi connectivity index (χ4n) is 2.45. The molecule has 130 valence electrons. The third-order valence-corrected chi connectivity index (χ3v) is 3.89. The van der Waals surface area contributed by atoms with Gasteiger partial charge in [0, 0.05) is 17.7 Å². The first-order valence-electron chi connectivity index (χ1n) is 7.58. The predicted molar refractivity (Wildman–Crippen MR) is 90.4 cm³/mol. The highest BCUT2D eigenvalue weighted by Crippen LogP contribution is 2.30. The molecular weight excluding hydrogens is 332 g/mol. The molecule has 1 saturated heterocycles. The van der Waals surface area contributed by atoms with E-state index in [0.717, 1.165) is 18.5 Å². The Kier molecular flexibility index (Phi) is 6.72. The van der Waals surface area contributed by atoms with Crippen molar-refractivity contribution in [3.8, 4) is 11.4 Å². The van der Waals surface area contributed by atoms with Crippen LogP contribution in [0.4, 0.5) is 0 Å². The molecule has 1 fully saturated rings. The molecule has 1 aromatic heterocycles. The van der Waals surface area contributed by atoms with E-state index in [9.17, 15) is 4.79 Å². The summed E-state index contributed by atoms with van der Waals surface area (Å²) < 4.78 is 9.70. The largest absolute Gasteiger partial charge is 0.375 e. The summed E-state index contributed by atoms with van der Waals surface area (Å²) in [5, 5.41) is 4.75. The van der Waals surface area contributed by atoms with Crippen LogP contribution in [0.3, 0.4) is 0 Å². The first kappa shape index (κ1) is 18.4. The number of primary amides is 1. The lowest BCUT2D eigenvalue weighted by Crippen LogP contribution is -2.17. The fourth-order valence-corrected chi connectivity index (χ4v) is 2.58. The first-order valence-corrected chi connectivity index (χ1v) is 7.96. The van der Waals surface area contributed by atoms with Gasteiger partial charge in [-0.25, -0.2) is 0 Å². The molecule has 8 heteroatoms. The van der Waals surface area contributed by atoms with E-state index in [1.54, 1.807) is 0 Å². The van der Waals surface area contributed by atoms with Crippen LogP contribution in [0.5, 0.6) is 0 Å². The highest BCUT2D eigenvalue weighted by Gasteiger charge is 2.27. The van der Waals surface area contributed by atoms with Crippen molar-refractivity contribution in [3.05, 3.63) is 35.2 Å². The van der Waals surface area contributed by atoms with Gasteiger partial charge in [-0.2, -0.15) is 4.98 Å². The van der Waals surface area contributed by atoms with Gasteiger partial charge in [0.05, 0.1) is 6.04 Å². The molecule has 3 rings (SSSR count). The Bertz CT molecular complexity index is 660. The monoisotopic (exact) mass is 352 g/mol. The number of likely N-dealkylation sites (tertiary alicyclic amines) is 1. The van der Waals surface area contributed by atoms with Gasteiger partial charge in [-0.15, -0.1) is 0 Å². The van der Waals surface area contributed by atoms with E-state index in [1.807, 2.05) is 24.3 Å². The zero-order chi connectivity index (χ0) is 17.5. The second kappa shape index (κ2) is 8.77. The standard InChI is InChI=1S/C13H14ClN3O.C3H7NO2/c1-17-8-2-3-11(17)13-15-12(16-18-13)9-4-6-10(14)7-5-9;1-6-2-3(4)5/h4-7,11H,2-3,8H2,1H3;2H2,1H3,(H2,4,5)/t11-;/m0./s1. The minimum Gasteiger partial charge on any atom is -0.375 e. The molecule has 0 saturated carbocycles. The smallest absolute Gasteiger partial charge is 0.244 e. The van der Waals surface area contributed by atoms with Crippen LogP contribution >= 0.6 is 11.6 Å². The predicted octanol–water partition coefficient (Wildman–Crippen LogP) is 2.27. The van der Waals surface area contributed by atoms with E-state index < -0.39 is 5.91 Å². The van der Waals surface area contributed by atoms with Crippen molar-refractivity contribution < 1.29 is 14.1 Å². The second-order valence-electron chi connectivity index (χ2n) is 5.50. The number of hydrogen-bond acceptors (Lipinski definition) is 6. The van der Waals surface area contributed by atoms with Crippen molar-refractivity contribution in [2.45, 2.75) is 18.9 Å². The molecular formula is C16H21ClN4O3. The summed E-state index contributed by atoms with van der Waals surface area (Å²) in [5.74, 6) is 0.902. The summed E-state index contributed by atoms with van der Waals surface area (Å²) in [6.45, 7) is 1.10. The fraction of sp³-hybridized carbons (Fsp3) is 0.438. The summed E-state index contributed by atoms with van der Waals surface area (Å²) in [5.41, 5.74) is 5.56. The Morgan fingerprint density at radius 3 is 2.67 bits per heavy atom. The van der Waals surface area contributed by atoms with Crippen molar-refractivity contribution in [1.29, 1.82) is 0 Å². The van der Waals surface area contributed by atoms with Crippen molar-refractivity contribution >= 4 is 17.5 Å². The summed E-state index contributed by atoms with van der Waals surface area (Å²) in [6, 6.07) is 7.71. The first-order chi connectivity index (χ1) is 11.5. The molecule has 2 aromatic rings. The Labute approximate surface area is 145 Å². The average molecular weight is 353 g/mol. The van der Waals surface area contributed by atoms with E-state index in [-0.39, 0.29) is 12.6 Å². The van der Waals surface area contributed by atoms with Crippen LogP contribution in [-0.4, -0.2) is 48.3 Å². The zero-order valence-electron chi connectivity index (χ0n) is 13.7. The molecule has 2 N–H and O–H groups in total. The summed E-state index contributed by atoms with van der Waals surface area (Å²) in [6.07, 6.45) is 2.26. The Morgan fingerprint density at radius 1 is 1.46 bits per heavy atom. The lowest BCUT2D eigenvalue weighted by atomic mass is 10.2. The normalized spacial score (nSPS) is 17.4. The number of methoxy groups -OCH3 is 1. The minimum atomic E-state index is -0.433. The van der Waals surface area contributed by atoms with Crippen molar-refractivity contribution in [1.82, 2.24) is 15.0 Å². The van der Waals surface area contributed by atoms with Gasteiger partial charge < -0.3 is 15.0 Å². The molecule has 1 aliphatic heterocycles.